The van der Waals surface area contributed by atoms with E-state index in [1.165, 1.54) is 35.2 Å². The summed E-state index contributed by atoms with van der Waals surface area (Å²) < 4.78 is 13.1. The van der Waals surface area contributed by atoms with E-state index in [9.17, 15) is 18.8 Å². The number of hydrogen-bond acceptors (Lipinski definition) is 3. The van der Waals surface area contributed by atoms with Crippen LogP contribution >= 0.6 is 11.6 Å². The Morgan fingerprint density at radius 1 is 1.12 bits per heavy atom. The molecule has 0 fully saturated rings. The molecule has 5 nitrogen and oxygen atoms in total. The summed E-state index contributed by atoms with van der Waals surface area (Å²) in [6.45, 7) is 2.33. The summed E-state index contributed by atoms with van der Waals surface area (Å²) in [4.78, 5) is 38.4. The highest BCUT2D eigenvalue weighted by Crippen LogP contribution is 2.26. The van der Waals surface area contributed by atoms with Gasteiger partial charge in [-0.3, -0.25) is 19.3 Å². The van der Waals surface area contributed by atoms with Crippen molar-refractivity contribution < 1.29 is 18.8 Å². The van der Waals surface area contributed by atoms with Crippen molar-refractivity contribution in [1.82, 2.24) is 4.90 Å². The van der Waals surface area contributed by atoms with Crippen molar-refractivity contribution in [3.8, 4) is 0 Å². The molecule has 1 aliphatic rings. The van der Waals surface area contributed by atoms with Gasteiger partial charge in [-0.1, -0.05) is 24.9 Å². The Labute approximate surface area is 154 Å². The number of nitrogens with one attached hydrogen (secondary N) is 1. The molecule has 0 saturated carbocycles. The number of imide groups is 1. The van der Waals surface area contributed by atoms with Crippen LogP contribution in [0.3, 0.4) is 0 Å². The molecular formula is C19H16ClFN2O3. The summed E-state index contributed by atoms with van der Waals surface area (Å²) >= 11 is 5.90. The van der Waals surface area contributed by atoms with Crippen LogP contribution in [0.2, 0.25) is 5.02 Å². The van der Waals surface area contributed by atoms with Gasteiger partial charge in [0.2, 0.25) is 0 Å². The summed E-state index contributed by atoms with van der Waals surface area (Å²) in [5.41, 5.74) is 0.972. The summed E-state index contributed by atoms with van der Waals surface area (Å²) in [7, 11) is 0. The number of rotatable bonds is 5. The summed E-state index contributed by atoms with van der Waals surface area (Å²) in [5, 5.41) is 2.64. The number of fused-ring (bicyclic) bond motifs is 1. The van der Waals surface area contributed by atoms with Crippen LogP contribution in [0.15, 0.2) is 36.4 Å². The van der Waals surface area contributed by atoms with E-state index in [0.29, 0.717) is 12.1 Å². The quantitative estimate of drug-likeness (QED) is 0.800. The molecule has 0 aromatic heterocycles. The first-order chi connectivity index (χ1) is 12.4. The van der Waals surface area contributed by atoms with Gasteiger partial charge in [0.25, 0.3) is 17.7 Å². The van der Waals surface area contributed by atoms with E-state index >= 15 is 0 Å². The van der Waals surface area contributed by atoms with Crippen LogP contribution in [0.5, 0.6) is 0 Å². The molecule has 7 heteroatoms. The van der Waals surface area contributed by atoms with Crippen molar-refractivity contribution in [2.45, 2.75) is 19.8 Å². The van der Waals surface area contributed by atoms with E-state index < -0.39 is 17.6 Å². The molecule has 0 unspecified atom stereocenters. The lowest BCUT2D eigenvalue weighted by Gasteiger charge is -2.12. The predicted molar refractivity (Wildman–Crippen MR) is 96.1 cm³/mol. The van der Waals surface area contributed by atoms with Crippen LogP contribution in [0.25, 0.3) is 0 Å². The standard InChI is InChI=1S/C19H16ClFN2O3/c1-2-3-8-23-18(25)13-6-4-11(9-14(13)19(23)26)17(24)22-16-7-5-12(21)10-15(16)20/h4-7,9-10H,2-3,8H2,1H3,(H,22,24). The molecule has 0 bridgehead atoms. The molecule has 0 saturated heterocycles. The molecular weight excluding hydrogens is 359 g/mol. The number of nitrogens with zero attached hydrogens (tertiary/aromatic N) is 1. The minimum Gasteiger partial charge on any atom is -0.321 e. The fourth-order valence-electron chi connectivity index (χ4n) is 2.74. The van der Waals surface area contributed by atoms with Crippen LogP contribution in [0, 0.1) is 5.82 Å². The lowest BCUT2D eigenvalue weighted by atomic mass is 10.1. The fourth-order valence-corrected chi connectivity index (χ4v) is 2.95. The molecule has 134 valence electrons. The summed E-state index contributed by atoms with van der Waals surface area (Å²) in [6.07, 6.45) is 1.58. The number of unbranched alkanes of at least 4 members (excludes halogenated alkanes) is 1. The predicted octanol–water partition coefficient (Wildman–Crippen LogP) is 4.13. The molecule has 1 heterocycles. The zero-order valence-corrected chi connectivity index (χ0v) is 14.8. The summed E-state index contributed by atoms with van der Waals surface area (Å²) in [6, 6.07) is 7.97. The highest BCUT2D eigenvalue weighted by atomic mass is 35.5. The van der Waals surface area contributed by atoms with Gasteiger partial charge in [-0.05, 0) is 42.8 Å². The molecule has 3 rings (SSSR count). The fraction of sp³-hybridized carbons (Fsp3) is 0.211. The number of benzene rings is 2. The van der Waals surface area contributed by atoms with Crippen LogP contribution in [-0.2, 0) is 0 Å². The van der Waals surface area contributed by atoms with E-state index in [0.717, 1.165) is 18.9 Å². The van der Waals surface area contributed by atoms with Crippen molar-refractivity contribution in [2.24, 2.45) is 0 Å². The SMILES string of the molecule is CCCCN1C(=O)c2ccc(C(=O)Nc3ccc(F)cc3Cl)cc2C1=O. The van der Waals surface area contributed by atoms with Crippen molar-refractivity contribution in [2.75, 3.05) is 11.9 Å². The Morgan fingerprint density at radius 3 is 2.54 bits per heavy atom. The maximum absolute atomic E-state index is 13.1. The van der Waals surface area contributed by atoms with E-state index in [1.54, 1.807) is 0 Å². The average Bonchev–Trinajstić information content (AvgIpc) is 2.86. The van der Waals surface area contributed by atoms with Gasteiger partial charge < -0.3 is 5.32 Å². The Balaban J connectivity index is 1.84. The second kappa shape index (κ2) is 7.25. The van der Waals surface area contributed by atoms with Gasteiger partial charge in [0, 0.05) is 12.1 Å². The van der Waals surface area contributed by atoms with Crippen LogP contribution in [0.4, 0.5) is 10.1 Å². The van der Waals surface area contributed by atoms with Gasteiger partial charge in [0.05, 0.1) is 21.8 Å². The molecule has 2 aromatic rings. The zero-order chi connectivity index (χ0) is 18.8. The maximum atomic E-state index is 13.1. The molecule has 2 aromatic carbocycles. The molecule has 0 spiro atoms. The summed E-state index contributed by atoms with van der Waals surface area (Å²) in [5.74, 6) is -1.75. The van der Waals surface area contributed by atoms with Crippen molar-refractivity contribution in [3.63, 3.8) is 0 Å². The largest absolute Gasteiger partial charge is 0.321 e. The Kier molecular flexibility index (Phi) is 5.04. The van der Waals surface area contributed by atoms with Gasteiger partial charge in [-0.15, -0.1) is 0 Å². The third kappa shape index (κ3) is 3.32. The van der Waals surface area contributed by atoms with E-state index in [2.05, 4.69) is 5.32 Å². The number of carbonyl (C=O) groups is 3. The first-order valence-corrected chi connectivity index (χ1v) is 8.56. The normalized spacial score (nSPS) is 13.1. The lowest BCUT2D eigenvalue weighted by molar-refractivity contribution is 0.0652. The highest BCUT2D eigenvalue weighted by molar-refractivity contribution is 6.34. The third-order valence-electron chi connectivity index (χ3n) is 4.15. The second-order valence-electron chi connectivity index (χ2n) is 5.95. The molecule has 26 heavy (non-hydrogen) atoms. The van der Waals surface area contributed by atoms with E-state index in [1.807, 2.05) is 6.92 Å². The Bertz CT molecular complexity index is 914. The number of anilines is 1. The number of carbonyl (C=O) groups excluding carboxylic acids is 3. The third-order valence-corrected chi connectivity index (χ3v) is 4.46. The van der Waals surface area contributed by atoms with Crippen LogP contribution in [0.1, 0.15) is 50.8 Å². The van der Waals surface area contributed by atoms with Crippen LogP contribution < -0.4 is 5.32 Å². The second-order valence-corrected chi connectivity index (χ2v) is 6.36. The van der Waals surface area contributed by atoms with Crippen molar-refractivity contribution >= 4 is 35.0 Å². The van der Waals surface area contributed by atoms with Crippen molar-refractivity contribution in [3.05, 3.63) is 63.9 Å². The Hall–Kier alpha value is -2.73. The number of hydrogen-bond donors (Lipinski definition) is 1. The molecule has 0 atom stereocenters. The smallest absolute Gasteiger partial charge is 0.261 e. The highest BCUT2D eigenvalue weighted by Gasteiger charge is 2.35. The number of halogens is 2. The minimum atomic E-state index is -0.512. The minimum absolute atomic E-state index is 0.0662. The van der Waals surface area contributed by atoms with E-state index in [-0.39, 0.29) is 27.7 Å². The lowest BCUT2D eigenvalue weighted by Crippen LogP contribution is -2.30. The van der Waals surface area contributed by atoms with Gasteiger partial charge in [-0.25, -0.2) is 4.39 Å². The molecule has 3 amide bonds. The Morgan fingerprint density at radius 2 is 1.85 bits per heavy atom. The van der Waals surface area contributed by atoms with Gasteiger partial charge in [0.1, 0.15) is 5.82 Å². The van der Waals surface area contributed by atoms with Gasteiger partial charge in [0.15, 0.2) is 0 Å². The number of amides is 3. The topological polar surface area (TPSA) is 66.5 Å². The van der Waals surface area contributed by atoms with Gasteiger partial charge >= 0.3 is 0 Å². The molecule has 0 radical (unpaired) electrons. The van der Waals surface area contributed by atoms with Gasteiger partial charge in [-0.2, -0.15) is 0 Å². The first kappa shape index (κ1) is 18.1. The molecule has 0 aliphatic carbocycles. The van der Waals surface area contributed by atoms with E-state index in [4.69, 9.17) is 11.6 Å². The van der Waals surface area contributed by atoms with Crippen molar-refractivity contribution in [1.29, 1.82) is 0 Å². The maximum Gasteiger partial charge on any atom is 0.261 e. The van der Waals surface area contributed by atoms with Crippen LogP contribution in [-0.4, -0.2) is 29.2 Å². The average molecular weight is 375 g/mol. The zero-order valence-electron chi connectivity index (χ0n) is 14.0. The monoisotopic (exact) mass is 374 g/mol. The molecule has 1 N–H and O–H groups in total. The first-order valence-electron chi connectivity index (χ1n) is 8.19. The molecule has 1 aliphatic heterocycles.